The number of halogens is 3. The summed E-state index contributed by atoms with van der Waals surface area (Å²) in [5.41, 5.74) is 0.357. The Morgan fingerprint density at radius 1 is 1.11 bits per heavy atom. The van der Waals surface area contributed by atoms with Crippen LogP contribution in [0.25, 0.3) is 0 Å². The maximum atomic E-state index is 8.81. The Bertz CT molecular complexity index is 638. The van der Waals surface area contributed by atoms with E-state index in [2.05, 4.69) is 4.98 Å². The zero-order chi connectivity index (χ0) is 13.1. The largest absolute Gasteiger partial charge is 0.437 e. The molecule has 0 amide bonds. The van der Waals surface area contributed by atoms with E-state index in [4.69, 9.17) is 44.8 Å². The van der Waals surface area contributed by atoms with Gasteiger partial charge in [0.25, 0.3) is 0 Å². The minimum atomic E-state index is 0.175. The van der Waals surface area contributed by atoms with Gasteiger partial charge in [-0.3, -0.25) is 0 Å². The van der Waals surface area contributed by atoms with Crippen LogP contribution >= 0.6 is 34.8 Å². The fraction of sp³-hybridized carbons (Fsp3) is 0. The van der Waals surface area contributed by atoms with Crippen molar-refractivity contribution >= 4 is 34.8 Å². The number of nitriles is 1. The van der Waals surface area contributed by atoms with Crippen molar-refractivity contribution < 1.29 is 4.74 Å². The molecule has 0 saturated heterocycles. The van der Waals surface area contributed by atoms with E-state index in [9.17, 15) is 0 Å². The highest BCUT2D eigenvalue weighted by Gasteiger charge is 2.07. The number of benzene rings is 1. The zero-order valence-electron chi connectivity index (χ0n) is 8.82. The Labute approximate surface area is 118 Å². The quantitative estimate of drug-likeness (QED) is 0.755. The number of hydrogen-bond acceptors (Lipinski definition) is 3. The molecule has 1 aromatic heterocycles. The molecule has 0 aliphatic heterocycles. The van der Waals surface area contributed by atoms with Crippen molar-refractivity contribution in [1.82, 2.24) is 4.98 Å². The first kappa shape index (κ1) is 13.0. The van der Waals surface area contributed by atoms with Gasteiger partial charge in [-0.15, -0.1) is 0 Å². The first-order chi connectivity index (χ1) is 8.58. The third-order valence-electron chi connectivity index (χ3n) is 2.01. The molecule has 1 heterocycles. The molecule has 0 atom stereocenters. The minimum Gasteiger partial charge on any atom is -0.437 e. The van der Waals surface area contributed by atoms with Gasteiger partial charge in [0.1, 0.15) is 10.9 Å². The van der Waals surface area contributed by atoms with Crippen LogP contribution in [-0.2, 0) is 0 Å². The molecular weight excluding hydrogens is 295 g/mol. The Morgan fingerprint density at radius 3 is 2.56 bits per heavy atom. The van der Waals surface area contributed by atoms with E-state index in [1.807, 2.05) is 6.07 Å². The van der Waals surface area contributed by atoms with E-state index in [1.54, 1.807) is 18.2 Å². The van der Waals surface area contributed by atoms with Crippen LogP contribution in [0, 0.1) is 11.3 Å². The van der Waals surface area contributed by atoms with Crippen molar-refractivity contribution in [2.24, 2.45) is 0 Å². The average Bonchev–Trinajstić information content (AvgIpc) is 2.32. The van der Waals surface area contributed by atoms with Crippen LogP contribution in [0.15, 0.2) is 30.3 Å². The van der Waals surface area contributed by atoms with E-state index in [0.717, 1.165) is 0 Å². The fourth-order valence-corrected chi connectivity index (χ4v) is 1.91. The first-order valence-corrected chi connectivity index (χ1v) is 5.92. The lowest BCUT2D eigenvalue weighted by atomic mass is 10.3. The van der Waals surface area contributed by atoms with Crippen LogP contribution in [0.4, 0.5) is 0 Å². The molecule has 0 fully saturated rings. The summed E-state index contributed by atoms with van der Waals surface area (Å²) in [5.74, 6) is 0.586. The second kappa shape index (κ2) is 5.45. The molecule has 6 heteroatoms. The second-order valence-electron chi connectivity index (χ2n) is 3.31. The summed E-state index contributed by atoms with van der Waals surface area (Å²) in [4.78, 5) is 3.94. The number of nitrogens with zero attached hydrogens (tertiary/aromatic N) is 2. The molecule has 0 bridgehead atoms. The van der Waals surface area contributed by atoms with E-state index in [-0.39, 0.29) is 11.0 Å². The molecule has 0 radical (unpaired) electrons. The molecule has 0 N–H and O–H groups in total. The summed E-state index contributed by atoms with van der Waals surface area (Å²) in [6.45, 7) is 0. The van der Waals surface area contributed by atoms with E-state index in [0.29, 0.717) is 21.4 Å². The molecule has 1 aromatic carbocycles. The van der Waals surface area contributed by atoms with Crippen LogP contribution < -0.4 is 4.74 Å². The smallest absolute Gasteiger partial charge is 0.222 e. The minimum absolute atomic E-state index is 0.175. The SMILES string of the molecule is N#Cc1cc(Cl)nc(Oc2ccc(Cl)cc2Cl)c1. The lowest BCUT2D eigenvalue weighted by Gasteiger charge is -2.07. The van der Waals surface area contributed by atoms with Gasteiger partial charge in [0.2, 0.25) is 5.88 Å². The number of rotatable bonds is 2. The lowest BCUT2D eigenvalue weighted by molar-refractivity contribution is 0.463. The number of pyridine rings is 1. The third kappa shape index (κ3) is 3.05. The van der Waals surface area contributed by atoms with Crippen molar-refractivity contribution in [3.8, 4) is 17.7 Å². The van der Waals surface area contributed by atoms with Gasteiger partial charge in [-0.25, -0.2) is 4.98 Å². The molecule has 0 saturated carbocycles. The highest BCUT2D eigenvalue weighted by atomic mass is 35.5. The van der Waals surface area contributed by atoms with Crippen LogP contribution in [0.5, 0.6) is 11.6 Å². The molecule has 0 spiro atoms. The summed E-state index contributed by atoms with van der Waals surface area (Å²) in [7, 11) is 0. The topological polar surface area (TPSA) is 45.9 Å². The normalized spacial score (nSPS) is 9.89. The fourth-order valence-electron chi connectivity index (χ4n) is 1.26. The number of ether oxygens (including phenoxy) is 1. The van der Waals surface area contributed by atoms with Gasteiger partial charge in [0.05, 0.1) is 16.7 Å². The van der Waals surface area contributed by atoms with Crippen molar-refractivity contribution in [2.75, 3.05) is 0 Å². The summed E-state index contributed by atoms with van der Waals surface area (Å²) in [6.07, 6.45) is 0. The van der Waals surface area contributed by atoms with Gasteiger partial charge >= 0.3 is 0 Å². The first-order valence-electron chi connectivity index (χ1n) is 4.79. The van der Waals surface area contributed by atoms with E-state index in [1.165, 1.54) is 12.1 Å². The zero-order valence-corrected chi connectivity index (χ0v) is 11.1. The van der Waals surface area contributed by atoms with Crippen LogP contribution in [0.3, 0.4) is 0 Å². The molecule has 2 aromatic rings. The van der Waals surface area contributed by atoms with Gasteiger partial charge in [0.15, 0.2) is 0 Å². The highest BCUT2D eigenvalue weighted by molar-refractivity contribution is 6.35. The summed E-state index contributed by atoms with van der Waals surface area (Å²) in [6, 6.07) is 9.67. The third-order valence-corrected chi connectivity index (χ3v) is 2.73. The molecule has 0 aliphatic rings. The molecule has 0 aliphatic carbocycles. The molecule has 0 unspecified atom stereocenters. The Hall–Kier alpha value is -1.47. The Morgan fingerprint density at radius 2 is 1.89 bits per heavy atom. The second-order valence-corrected chi connectivity index (χ2v) is 4.54. The summed E-state index contributed by atoms with van der Waals surface area (Å²) in [5, 5.41) is 9.84. The summed E-state index contributed by atoms with van der Waals surface area (Å²) >= 11 is 17.5. The van der Waals surface area contributed by atoms with Gasteiger partial charge in [-0.1, -0.05) is 34.8 Å². The predicted octanol–water partition coefficient (Wildman–Crippen LogP) is 4.71. The number of aromatic nitrogens is 1. The van der Waals surface area contributed by atoms with Crippen molar-refractivity contribution in [3.63, 3.8) is 0 Å². The number of hydrogen-bond donors (Lipinski definition) is 0. The van der Waals surface area contributed by atoms with Crippen molar-refractivity contribution in [3.05, 3.63) is 51.1 Å². The molecule has 90 valence electrons. The van der Waals surface area contributed by atoms with Crippen molar-refractivity contribution in [1.29, 1.82) is 5.26 Å². The predicted molar refractivity (Wildman–Crippen MR) is 70.5 cm³/mol. The Balaban J connectivity index is 2.34. The van der Waals surface area contributed by atoms with Gasteiger partial charge in [0, 0.05) is 11.1 Å². The van der Waals surface area contributed by atoms with Crippen molar-refractivity contribution in [2.45, 2.75) is 0 Å². The highest BCUT2D eigenvalue weighted by Crippen LogP contribution is 2.31. The molecule has 3 nitrogen and oxygen atoms in total. The van der Waals surface area contributed by atoms with Gasteiger partial charge in [-0.2, -0.15) is 5.26 Å². The standard InChI is InChI=1S/C12H5Cl3N2O/c13-8-1-2-10(9(14)5-8)18-12-4-7(6-16)3-11(15)17-12/h1-5H. The molecule has 18 heavy (non-hydrogen) atoms. The van der Waals surface area contributed by atoms with Crippen LogP contribution in [0.2, 0.25) is 15.2 Å². The molecular formula is C12H5Cl3N2O. The lowest BCUT2D eigenvalue weighted by Crippen LogP contribution is -1.90. The van der Waals surface area contributed by atoms with Crippen LogP contribution in [-0.4, -0.2) is 4.98 Å². The Kier molecular flexibility index (Phi) is 3.93. The summed E-state index contributed by atoms with van der Waals surface area (Å²) < 4.78 is 5.45. The van der Waals surface area contributed by atoms with Gasteiger partial charge in [-0.05, 0) is 24.3 Å². The molecule has 2 rings (SSSR count). The monoisotopic (exact) mass is 298 g/mol. The average molecular weight is 300 g/mol. The van der Waals surface area contributed by atoms with Gasteiger partial charge < -0.3 is 4.74 Å². The van der Waals surface area contributed by atoms with E-state index < -0.39 is 0 Å². The maximum Gasteiger partial charge on any atom is 0.222 e. The maximum absolute atomic E-state index is 8.81. The van der Waals surface area contributed by atoms with Crippen LogP contribution in [0.1, 0.15) is 5.56 Å². The van der Waals surface area contributed by atoms with E-state index >= 15 is 0 Å².